The molecule has 0 aliphatic heterocycles. The summed E-state index contributed by atoms with van der Waals surface area (Å²) in [5.41, 5.74) is 0. The molecule has 3 rings (SSSR count). The molecule has 0 amide bonds. The van der Waals surface area contributed by atoms with Crippen LogP contribution in [0.25, 0.3) is 0 Å². The molecule has 6 nitrogen and oxygen atoms in total. The summed E-state index contributed by atoms with van der Waals surface area (Å²) in [6.07, 6.45) is 9.42. The van der Waals surface area contributed by atoms with Crippen molar-refractivity contribution in [1.82, 2.24) is 9.44 Å². The maximum atomic E-state index is 12.9. The molecule has 2 fully saturated rings. The lowest BCUT2D eigenvalue weighted by atomic mass is 9.96. The van der Waals surface area contributed by atoms with Crippen LogP contribution in [-0.2, 0) is 20.0 Å². The highest BCUT2D eigenvalue weighted by Crippen LogP contribution is 2.25. The van der Waals surface area contributed by atoms with Crippen LogP contribution >= 0.6 is 0 Å². The second-order valence-electron chi connectivity index (χ2n) is 7.36. The summed E-state index contributed by atoms with van der Waals surface area (Å²) in [5, 5.41) is 0. The van der Waals surface area contributed by atoms with Crippen LogP contribution < -0.4 is 9.44 Å². The van der Waals surface area contributed by atoms with E-state index in [4.69, 9.17) is 0 Å². The minimum Gasteiger partial charge on any atom is -0.208 e. The van der Waals surface area contributed by atoms with E-state index in [0.717, 1.165) is 64.2 Å². The third kappa shape index (κ3) is 4.85. The molecule has 2 saturated carbocycles. The lowest BCUT2D eigenvalue weighted by molar-refractivity contribution is 0.409. The Bertz CT molecular complexity index is 740. The molecule has 0 heterocycles. The summed E-state index contributed by atoms with van der Waals surface area (Å²) in [5.74, 6) is 0. The van der Waals surface area contributed by atoms with Crippen LogP contribution in [0.5, 0.6) is 0 Å². The van der Waals surface area contributed by atoms with Gasteiger partial charge in [-0.05, 0) is 37.8 Å². The van der Waals surface area contributed by atoms with Gasteiger partial charge in [0.05, 0.1) is 0 Å². The van der Waals surface area contributed by atoms with Crippen LogP contribution in [0.3, 0.4) is 0 Å². The van der Waals surface area contributed by atoms with Crippen LogP contribution in [0.2, 0.25) is 0 Å². The van der Waals surface area contributed by atoms with Gasteiger partial charge in [-0.25, -0.2) is 26.3 Å². The molecular formula is C18H28N2O4S2. The van der Waals surface area contributed by atoms with E-state index in [9.17, 15) is 16.8 Å². The van der Waals surface area contributed by atoms with Crippen molar-refractivity contribution in [1.29, 1.82) is 0 Å². The van der Waals surface area contributed by atoms with Gasteiger partial charge < -0.3 is 0 Å². The molecule has 2 aliphatic rings. The first-order chi connectivity index (χ1) is 12.4. The van der Waals surface area contributed by atoms with Gasteiger partial charge in [0.2, 0.25) is 20.0 Å². The van der Waals surface area contributed by atoms with Crippen molar-refractivity contribution in [3.63, 3.8) is 0 Å². The van der Waals surface area contributed by atoms with Crippen LogP contribution in [-0.4, -0.2) is 28.9 Å². The normalized spacial score (nSPS) is 20.9. The Balaban J connectivity index is 1.84. The SMILES string of the molecule is O=S(=O)(NC1CCCCC1)c1ccccc1S(=O)(=O)NC1CCCCC1. The largest absolute Gasteiger partial charge is 0.242 e. The number of benzene rings is 1. The molecule has 1 aromatic rings. The number of rotatable bonds is 6. The van der Waals surface area contributed by atoms with Gasteiger partial charge in [0.25, 0.3) is 0 Å². The van der Waals surface area contributed by atoms with Gasteiger partial charge in [-0.15, -0.1) is 0 Å². The third-order valence-electron chi connectivity index (χ3n) is 5.28. The van der Waals surface area contributed by atoms with Crippen molar-refractivity contribution in [2.75, 3.05) is 0 Å². The fourth-order valence-electron chi connectivity index (χ4n) is 3.90. The maximum absolute atomic E-state index is 12.9. The van der Waals surface area contributed by atoms with Crippen molar-refractivity contribution in [2.24, 2.45) is 0 Å². The summed E-state index contributed by atoms with van der Waals surface area (Å²) in [6.45, 7) is 0. The molecule has 0 saturated heterocycles. The van der Waals surface area contributed by atoms with Crippen LogP contribution in [0.15, 0.2) is 34.1 Å². The second kappa shape index (κ2) is 8.37. The Labute approximate surface area is 156 Å². The number of hydrogen-bond donors (Lipinski definition) is 2. The fraction of sp³-hybridized carbons (Fsp3) is 0.667. The average Bonchev–Trinajstić information content (AvgIpc) is 2.63. The van der Waals surface area contributed by atoms with Crippen LogP contribution in [0.1, 0.15) is 64.2 Å². The molecule has 0 atom stereocenters. The lowest BCUT2D eigenvalue weighted by Gasteiger charge is -2.25. The highest BCUT2D eigenvalue weighted by Gasteiger charge is 2.30. The Kier molecular flexibility index (Phi) is 6.37. The molecule has 1 aromatic carbocycles. The number of hydrogen-bond acceptors (Lipinski definition) is 4. The van der Waals surface area contributed by atoms with E-state index in [-0.39, 0.29) is 21.9 Å². The molecule has 2 aliphatic carbocycles. The molecular weight excluding hydrogens is 372 g/mol. The van der Waals surface area contributed by atoms with E-state index in [1.807, 2.05) is 0 Å². The standard InChI is InChI=1S/C18H28N2O4S2/c21-25(22,19-15-9-3-1-4-10-15)17-13-7-8-14-18(17)26(23,24)20-16-11-5-2-6-12-16/h7-8,13-16,19-20H,1-6,9-12H2. The van der Waals surface area contributed by atoms with Gasteiger partial charge in [-0.1, -0.05) is 50.7 Å². The predicted octanol–water partition coefficient (Wildman–Crippen LogP) is 2.91. The average molecular weight is 401 g/mol. The third-order valence-corrected chi connectivity index (χ3v) is 8.57. The Morgan fingerprint density at radius 3 is 1.31 bits per heavy atom. The van der Waals surface area contributed by atoms with Crippen molar-refractivity contribution in [3.8, 4) is 0 Å². The van der Waals surface area contributed by atoms with Crippen molar-refractivity contribution in [2.45, 2.75) is 86.1 Å². The number of nitrogens with one attached hydrogen (secondary N) is 2. The summed E-state index contributed by atoms with van der Waals surface area (Å²) in [4.78, 5) is -0.317. The summed E-state index contributed by atoms with van der Waals surface area (Å²) in [6, 6.07) is 5.65. The zero-order valence-corrected chi connectivity index (χ0v) is 16.6. The quantitative estimate of drug-likeness (QED) is 0.768. The molecule has 0 spiro atoms. The molecule has 2 N–H and O–H groups in total. The second-order valence-corrected chi connectivity index (χ2v) is 10.7. The van der Waals surface area contributed by atoms with E-state index in [1.54, 1.807) is 12.1 Å². The van der Waals surface area contributed by atoms with E-state index in [0.29, 0.717) is 0 Å². The monoisotopic (exact) mass is 400 g/mol. The van der Waals surface area contributed by atoms with Gasteiger partial charge in [-0.3, -0.25) is 0 Å². The van der Waals surface area contributed by atoms with E-state index in [1.165, 1.54) is 12.1 Å². The molecule has 8 heteroatoms. The maximum Gasteiger partial charge on any atom is 0.242 e. The predicted molar refractivity (Wildman–Crippen MR) is 101 cm³/mol. The van der Waals surface area contributed by atoms with Gasteiger partial charge >= 0.3 is 0 Å². The Morgan fingerprint density at radius 2 is 0.962 bits per heavy atom. The molecule has 0 bridgehead atoms. The minimum absolute atomic E-state index is 0.115. The van der Waals surface area contributed by atoms with E-state index >= 15 is 0 Å². The number of sulfonamides is 2. The van der Waals surface area contributed by atoms with Crippen LogP contribution in [0.4, 0.5) is 0 Å². The Morgan fingerprint density at radius 1 is 0.615 bits per heavy atom. The van der Waals surface area contributed by atoms with Gasteiger partial charge in [-0.2, -0.15) is 0 Å². The molecule has 0 unspecified atom stereocenters. The first-order valence-electron chi connectivity index (χ1n) is 9.52. The first-order valence-corrected chi connectivity index (χ1v) is 12.5. The summed E-state index contributed by atoms with van der Waals surface area (Å²) >= 11 is 0. The van der Waals surface area contributed by atoms with Crippen molar-refractivity contribution >= 4 is 20.0 Å². The van der Waals surface area contributed by atoms with Crippen molar-refractivity contribution in [3.05, 3.63) is 24.3 Å². The zero-order chi connectivity index (χ0) is 18.6. The smallest absolute Gasteiger partial charge is 0.208 e. The fourth-order valence-corrected chi connectivity index (χ4v) is 7.34. The van der Waals surface area contributed by atoms with E-state index < -0.39 is 20.0 Å². The van der Waals surface area contributed by atoms with E-state index in [2.05, 4.69) is 9.44 Å². The van der Waals surface area contributed by atoms with Crippen molar-refractivity contribution < 1.29 is 16.8 Å². The molecule has 146 valence electrons. The van der Waals surface area contributed by atoms with Gasteiger partial charge in [0, 0.05) is 12.1 Å². The zero-order valence-electron chi connectivity index (χ0n) is 15.0. The van der Waals surface area contributed by atoms with Gasteiger partial charge in [0.1, 0.15) is 9.79 Å². The molecule has 0 radical (unpaired) electrons. The molecule has 26 heavy (non-hydrogen) atoms. The van der Waals surface area contributed by atoms with Gasteiger partial charge in [0.15, 0.2) is 0 Å². The topological polar surface area (TPSA) is 92.3 Å². The minimum atomic E-state index is -3.88. The Hall–Kier alpha value is -0.960. The summed E-state index contributed by atoms with van der Waals surface area (Å²) in [7, 11) is -7.77. The lowest BCUT2D eigenvalue weighted by Crippen LogP contribution is -2.39. The van der Waals surface area contributed by atoms with Crippen LogP contribution in [0, 0.1) is 0 Å². The highest BCUT2D eigenvalue weighted by molar-refractivity contribution is 7.92. The first kappa shape index (κ1) is 19.8. The summed E-state index contributed by atoms with van der Waals surface area (Å²) < 4.78 is 56.8. The molecule has 0 aromatic heterocycles. The highest BCUT2D eigenvalue weighted by atomic mass is 32.2.